The van der Waals surface area contributed by atoms with E-state index in [0.29, 0.717) is 17.0 Å². The molecule has 0 aromatic heterocycles. The van der Waals surface area contributed by atoms with E-state index in [0.717, 1.165) is 0 Å². The van der Waals surface area contributed by atoms with Gasteiger partial charge in [-0.05, 0) is 48.0 Å². The Bertz CT molecular complexity index is 1040. The quantitative estimate of drug-likeness (QED) is 0.466. The highest BCUT2D eigenvalue weighted by molar-refractivity contribution is 6.04. The van der Waals surface area contributed by atoms with Crippen LogP contribution >= 0.6 is 0 Å². The third kappa shape index (κ3) is 5.07. The highest BCUT2D eigenvalue weighted by Crippen LogP contribution is 2.21. The molecule has 3 rings (SSSR count). The summed E-state index contributed by atoms with van der Waals surface area (Å²) in [5, 5.41) is 13.5. The Morgan fingerprint density at radius 3 is 2.52 bits per heavy atom. The minimum absolute atomic E-state index is 0.156. The number of hydrogen-bond donors (Lipinski definition) is 1. The molecule has 0 saturated carbocycles. The molecule has 1 N–H and O–H groups in total. The molecule has 0 saturated heterocycles. The van der Waals surface area contributed by atoms with Gasteiger partial charge in [0.2, 0.25) is 0 Å². The average Bonchev–Trinajstić information content (AvgIpc) is 2.73. The predicted octanol–water partition coefficient (Wildman–Crippen LogP) is 4.57. The van der Waals surface area contributed by atoms with E-state index in [-0.39, 0.29) is 23.6 Å². The zero-order valence-corrected chi connectivity index (χ0v) is 15.4. The molecule has 29 heavy (non-hydrogen) atoms. The zero-order valence-electron chi connectivity index (χ0n) is 15.4. The number of carbonyl (C=O) groups is 1. The Kier molecular flexibility index (Phi) is 6.03. The number of nitro groups is 1. The normalized spacial score (nSPS) is 10.3. The molecule has 0 fully saturated rings. The number of nitro benzene ring substituents is 1. The summed E-state index contributed by atoms with van der Waals surface area (Å²) in [5.41, 5.74) is 1.17. The van der Waals surface area contributed by atoms with E-state index in [1.165, 1.54) is 43.5 Å². The second-order valence-corrected chi connectivity index (χ2v) is 6.04. The van der Waals surface area contributed by atoms with Crippen LogP contribution in [0.3, 0.4) is 0 Å². The molecule has 8 heteroatoms. The second-order valence-electron chi connectivity index (χ2n) is 6.04. The van der Waals surface area contributed by atoms with E-state index in [1.807, 2.05) is 0 Å². The minimum atomic E-state index is -0.558. The number of benzene rings is 3. The number of non-ortho nitro benzene ring substituents is 1. The van der Waals surface area contributed by atoms with E-state index < -0.39 is 16.6 Å². The Labute approximate surface area is 165 Å². The molecular weight excluding hydrogens is 379 g/mol. The number of methoxy groups -OCH3 is 1. The maximum atomic E-state index is 13.7. The predicted molar refractivity (Wildman–Crippen MR) is 105 cm³/mol. The van der Waals surface area contributed by atoms with Crippen LogP contribution in [-0.4, -0.2) is 17.9 Å². The molecule has 3 aromatic carbocycles. The van der Waals surface area contributed by atoms with Gasteiger partial charge in [-0.2, -0.15) is 0 Å². The molecule has 0 aliphatic rings. The van der Waals surface area contributed by atoms with Crippen LogP contribution in [-0.2, 0) is 6.61 Å². The molecule has 0 radical (unpaired) electrons. The number of nitrogens with one attached hydrogen (secondary N) is 1. The van der Waals surface area contributed by atoms with E-state index in [9.17, 15) is 19.3 Å². The summed E-state index contributed by atoms with van der Waals surface area (Å²) in [4.78, 5) is 22.5. The lowest BCUT2D eigenvalue weighted by molar-refractivity contribution is -0.384. The highest BCUT2D eigenvalue weighted by atomic mass is 19.1. The first-order valence-electron chi connectivity index (χ1n) is 8.57. The van der Waals surface area contributed by atoms with Crippen LogP contribution < -0.4 is 14.8 Å². The van der Waals surface area contributed by atoms with Crippen LogP contribution in [0.4, 0.5) is 15.8 Å². The lowest BCUT2D eigenvalue weighted by Gasteiger charge is -2.09. The number of amides is 1. The van der Waals surface area contributed by atoms with Crippen molar-refractivity contribution in [1.82, 2.24) is 0 Å². The molecule has 0 bridgehead atoms. The third-order valence-electron chi connectivity index (χ3n) is 4.05. The lowest BCUT2D eigenvalue weighted by atomic mass is 10.2. The Hall–Kier alpha value is -3.94. The van der Waals surface area contributed by atoms with Crippen molar-refractivity contribution in [3.8, 4) is 11.5 Å². The molecule has 7 nitrogen and oxygen atoms in total. The average molecular weight is 396 g/mol. The molecule has 0 spiro atoms. The van der Waals surface area contributed by atoms with E-state index in [2.05, 4.69) is 5.32 Å². The fraction of sp³-hybridized carbons (Fsp3) is 0.0952. The SMILES string of the molecule is COc1ccc(COc2ccc(NC(=O)c3cccc([N+](=O)[O-])c3)cc2)cc1F. The van der Waals surface area contributed by atoms with Gasteiger partial charge in [-0.3, -0.25) is 14.9 Å². The van der Waals surface area contributed by atoms with Gasteiger partial charge in [-0.25, -0.2) is 4.39 Å². The number of nitrogens with zero attached hydrogens (tertiary/aromatic N) is 1. The van der Waals surface area contributed by atoms with Crippen LogP contribution in [0.15, 0.2) is 66.7 Å². The summed E-state index contributed by atoms with van der Waals surface area (Å²) in [5.74, 6) is -0.226. The summed E-state index contributed by atoms with van der Waals surface area (Å²) in [6, 6.07) is 16.6. The van der Waals surface area contributed by atoms with Gasteiger partial charge in [-0.15, -0.1) is 0 Å². The van der Waals surface area contributed by atoms with Crippen LogP contribution in [0, 0.1) is 15.9 Å². The summed E-state index contributed by atoms with van der Waals surface area (Å²) < 4.78 is 24.2. The van der Waals surface area contributed by atoms with Crippen molar-refractivity contribution in [2.45, 2.75) is 6.61 Å². The van der Waals surface area contributed by atoms with Gasteiger partial charge in [-0.1, -0.05) is 12.1 Å². The number of hydrogen-bond acceptors (Lipinski definition) is 5. The smallest absolute Gasteiger partial charge is 0.270 e. The summed E-state index contributed by atoms with van der Waals surface area (Å²) in [7, 11) is 1.40. The van der Waals surface area contributed by atoms with Crippen molar-refractivity contribution in [2.24, 2.45) is 0 Å². The molecular formula is C21H17FN2O5. The molecule has 0 aliphatic carbocycles. The molecule has 3 aromatic rings. The van der Waals surface area contributed by atoms with Crippen LogP contribution in [0.5, 0.6) is 11.5 Å². The molecule has 0 atom stereocenters. The number of anilines is 1. The molecule has 148 valence electrons. The lowest BCUT2D eigenvalue weighted by Crippen LogP contribution is -2.12. The first-order chi connectivity index (χ1) is 14.0. The van der Waals surface area contributed by atoms with Crippen LogP contribution in [0.1, 0.15) is 15.9 Å². The van der Waals surface area contributed by atoms with Crippen molar-refractivity contribution in [3.63, 3.8) is 0 Å². The number of carbonyl (C=O) groups excluding carboxylic acids is 1. The maximum Gasteiger partial charge on any atom is 0.270 e. The topological polar surface area (TPSA) is 90.7 Å². The second kappa shape index (κ2) is 8.83. The molecule has 0 heterocycles. The van der Waals surface area contributed by atoms with Crippen molar-refractivity contribution in [2.75, 3.05) is 12.4 Å². The minimum Gasteiger partial charge on any atom is -0.494 e. The van der Waals surface area contributed by atoms with Crippen molar-refractivity contribution >= 4 is 17.3 Å². The highest BCUT2D eigenvalue weighted by Gasteiger charge is 2.12. The van der Waals surface area contributed by atoms with Gasteiger partial charge >= 0.3 is 0 Å². The summed E-state index contributed by atoms with van der Waals surface area (Å²) in [6.07, 6.45) is 0. The molecule has 0 unspecified atom stereocenters. The van der Waals surface area contributed by atoms with Crippen molar-refractivity contribution < 1.29 is 23.6 Å². The number of ether oxygens (including phenoxy) is 2. The summed E-state index contributed by atoms with van der Waals surface area (Å²) >= 11 is 0. The largest absolute Gasteiger partial charge is 0.494 e. The fourth-order valence-electron chi connectivity index (χ4n) is 2.56. The summed E-state index contributed by atoms with van der Waals surface area (Å²) in [6.45, 7) is 0.167. The zero-order chi connectivity index (χ0) is 20.8. The van der Waals surface area contributed by atoms with E-state index >= 15 is 0 Å². The van der Waals surface area contributed by atoms with Gasteiger partial charge in [0.1, 0.15) is 12.4 Å². The van der Waals surface area contributed by atoms with Gasteiger partial charge in [0.05, 0.1) is 12.0 Å². The Morgan fingerprint density at radius 2 is 1.86 bits per heavy atom. The first kappa shape index (κ1) is 19.8. The van der Waals surface area contributed by atoms with Crippen LogP contribution in [0.2, 0.25) is 0 Å². The molecule has 0 aliphatic heterocycles. The first-order valence-corrected chi connectivity index (χ1v) is 8.57. The number of halogens is 1. The van der Waals surface area contributed by atoms with Gasteiger partial charge in [0.25, 0.3) is 11.6 Å². The fourth-order valence-corrected chi connectivity index (χ4v) is 2.56. The maximum absolute atomic E-state index is 13.7. The molecule has 1 amide bonds. The number of rotatable bonds is 7. The Balaban J connectivity index is 1.60. The monoisotopic (exact) mass is 396 g/mol. The van der Waals surface area contributed by atoms with E-state index in [4.69, 9.17) is 9.47 Å². The van der Waals surface area contributed by atoms with Crippen molar-refractivity contribution in [1.29, 1.82) is 0 Å². The standard InChI is InChI=1S/C21H17FN2O5/c1-28-20-10-5-14(11-19(20)22)13-29-18-8-6-16(7-9-18)23-21(25)15-3-2-4-17(12-15)24(26)27/h2-12H,13H2,1H3,(H,23,25). The van der Waals surface area contributed by atoms with E-state index in [1.54, 1.807) is 30.3 Å². The van der Waals surface area contributed by atoms with Crippen LogP contribution in [0.25, 0.3) is 0 Å². The third-order valence-corrected chi connectivity index (χ3v) is 4.05. The van der Waals surface area contributed by atoms with Crippen molar-refractivity contribution in [3.05, 3.63) is 93.8 Å². The van der Waals surface area contributed by atoms with Gasteiger partial charge in [0.15, 0.2) is 11.6 Å². The van der Waals surface area contributed by atoms with Gasteiger partial charge in [0, 0.05) is 23.4 Å². The van der Waals surface area contributed by atoms with Gasteiger partial charge < -0.3 is 14.8 Å². The Morgan fingerprint density at radius 1 is 1.10 bits per heavy atom.